The van der Waals surface area contributed by atoms with E-state index in [0.717, 1.165) is 118 Å². The lowest BCUT2D eigenvalue weighted by atomic mass is 10.0. The number of nitrogens with zero attached hydrogens (tertiary/aromatic N) is 4. The second-order valence-corrected chi connectivity index (χ2v) is 21.7. The Kier molecular flexibility index (Phi) is 28.1. The number of piperidine rings is 2. The summed E-state index contributed by atoms with van der Waals surface area (Å²) in [5.74, 6) is 1.42. The molecule has 0 aliphatic carbocycles. The summed E-state index contributed by atoms with van der Waals surface area (Å²) in [4.78, 5) is 47.1. The molecule has 4 aromatic carbocycles. The zero-order valence-corrected chi connectivity index (χ0v) is 49.2. The number of Topliss-reactive ketones (excluding diaryl/α,β-unsaturated/α-hetero) is 1. The van der Waals surface area contributed by atoms with Gasteiger partial charge in [-0.3, -0.25) is 24.2 Å². The number of phenols is 2. The number of hydrogen-bond donors (Lipinski definition) is 7. The number of phenolic OH excluding ortho intramolecular Hbond substituents is 2. The molecule has 7 rings (SSSR count). The molecule has 0 amide bonds. The van der Waals surface area contributed by atoms with E-state index in [2.05, 4.69) is 69.4 Å². The molecule has 5 aromatic rings. The van der Waals surface area contributed by atoms with Crippen molar-refractivity contribution >= 4 is 111 Å². The topological polar surface area (TPSA) is 238 Å². The van der Waals surface area contributed by atoms with E-state index in [4.69, 9.17) is 43.1 Å². The van der Waals surface area contributed by atoms with Gasteiger partial charge >= 0.3 is 0 Å². The van der Waals surface area contributed by atoms with E-state index in [1.165, 1.54) is 36.1 Å². The fourth-order valence-corrected chi connectivity index (χ4v) is 10.4. The van der Waals surface area contributed by atoms with Gasteiger partial charge in [0.15, 0.2) is 21.2 Å². The Balaban J connectivity index is 0.000000257. The smallest absolute Gasteiger partial charge is 0.300 e. The molecule has 0 spiro atoms. The van der Waals surface area contributed by atoms with Crippen molar-refractivity contribution in [1.29, 1.82) is 0 Å². The number of carbonyl (C=O) groups is 3. The number of ether oxygens (including phenoxy) is 2. The minimum Gasteiger partial charge on any atom is -0.508 e. The van der Waals surface area contributed by atoms with Crippen molar-refractivity contribution in [3.8, 4) is 23.0 Å². The predicted octanol–water partition coefficient (Wildman–Crippen LogP) is 11.4. The molecule has 2 fully saturated rings. The quantitative estimate of drug-likeness (QED) is 0.0108. The van der Waals surface area contributed by atoms with Crippen molar-refractivity contribution in [2.24, 2.45) is 10.7 Å². The highest BCUT2D eigenvalue weighted by atomic mass is 79.9. The van der Waals surface area contributed by atoms with Crippen LogP contribution in [0.1, 0.15) is 110 Å². The van der Waals surface area contributed by atoms with Crippen LogP contribution in [0.2, 0.25) is 0 Å². The van der Waals surface area contributed by atoms with Crippen molar-refractivity contribution in [1.82, 2.24) is 14.8 Å². The number of nitrogens with one attached hydrogen (secondary N) is 2. The Hall–Kier alpha value is -5.34. The first-order chi connectivity index (χ1) is 36.5. The third kappa shape index (κ3) is 22.0. The van der Waals surface area contributed by atoms with Gasteiger partial charge in [-0.1, -0.05) is 79.6 Å². The highest BCUT2D eigenvalue weighted by Gasteiger charge is 2.22. The van der Waals surface area contributed by atoms with Crippen molar-refractivity contribution in [3.05, 3.63) is 112 Å². The normalized spacial score (nSPS) is 15.5. The van der Waals surface area contributed by atoms with Crippen LogP contribution in [0.25, 0.3) is 0 Å². The van der Waals surface area contributed by atoms with Crippen molar-refractivity contribution in [2.45, 2.75) is 98.2 Å². The Labute approximate surface area is 472 Å². The lowest BCUT2D eigenvalue weighted by Crippen LogP contribution is -2.40. The third-order valence-corrected chi connectivity index (χ3v) is 14.6. The summed E-state index contributed by atoms with van der Waals surface area (Å²) in [6.45, 7) is 16.0. The average molecular weight is 1180 g/mol. The first-order valence-corrected chi connectivity index (χ1v) is 29.6. The Morgan fingerprint density at radius 1 is 0.829 bits per heavy atom. The number of likely N-dealkylation sites (N-methyl/N-ethyl adjacent to an activating group) is 2. The van der Waals surface area contributed by atoms with Gasteiger partial charge < -0.3 is 46.9 Å². The van der Waals surface area contributed by atoms with Crippen LogP contribution in [-0.4, -0.2) is 120 Å². The number of carboxylic acid groups (broad SMARTS) is 1. The number of thioether (sulfide) groups is 1. The van der Waals surface area contributed by atoms with Gasteiger partial charge in [0, 0.05) is 48.0 Å². The molecular formula is C55H74BrN8O8PS3. The van der Waals surface area contributed by atoms with E-state index in [0.29, 0.717) is 43.2 Å². The monoisotopic (exact) mass is 1180 g/mol. The number of nitrogen functional groups attached to an aromatic ring is 1. The summed E-state index contributed by atoms with van der Waals surface area (Å²) in [5, 5.41) is 34.9. The van der Waals surface area contributed by atoms with Gasteiger partial charge in [0.1, 0.15) is 45.9 Å². The number of amidine groups is 1. The molecule has 2 aliphatic rings. The van der Waals surface area contributed by atoms with Crippen LogP contribution >= 0.6 is 60.5 Å². The number of alkyl halides is 1. The lowest BCUT2D eigenvalue weighted by Gasteiger charge is -2.32. The van der Waals surface area contributed by atoms with Crippen LogP contribution in [0, 0.1) is 0 Å². The van der Waals surface area contributed by atoms with E-state index >= 15 is 0 Å². The number of rotatable bonds is 18. The van der Waals surface area contributed by atoms with E-state index in [1.54, 1.807) is 36.4 Å². The number of aliphatic imine (C=N–C) groups is 1. The summed E-state index contributed by atoms with van der Waals surface area (Å²) in [6, 6.07) is 25.5. The fourth-order valence-electron chi connectivity index (χ4n) is 8.09. The summed E-state index contributed by atoms with van der Waals surface area (Å²) in [6.07, 6.45) is 8.38. The lowest BCUT2D eigenvalue weighted by molar-refractivity contribution is -0.134. The van der Waals surface area contributed by atoms with E-state index in [1.807, 2.05) is 62.4 Å². The zero-order valence-electron chi connectivity index (χ0n) is 44.1. The third-order valence-electron chi connectivity index (χ3n) is 11.8. The van der Waals surface area contributed by atoms with Gasteiger partial charge in [-0.15, -0.1) is 9.24 Å². The van der Waals surface area contributed by atoms with Crippen molar-refractivity contribution < 1.29 is 39.2 Å². The summed E-state index contributed by atoms with van der Waals surface area (Å²) >= 11 is 11.0. The maximum absolute atomic E-state index is 13.0. The van der Waals surface area contributed by atoms with Gasteiger partial charge in [0.25, 0.3) is 5.97 Å². The molecule has 412 valence electrons. The van der Waals surface area contributed by atoms with E-state index < -0.39 is 5.97 Å². The van der Waals surface area contributed by atoms with Crippen LogP contribution in [0.3, 0.4) is 0 Å². The van der Waals surface area contributed by atoms with Crippen molar-refractivity contribution in [3.63, 3.8) is 0 Å². The molecule has 1 aromatic heterocycles. The fraction of sp³-hybridized carbons (Fsp3) is 0.418. The Bertz CT molecular complexity index is 2660. The number of thiazole rings is 1. The SMILES string of the molecule is CC(=O)O.CCCc1cc(C(=O)CBr)ccc1O.CCCc1cc(C(=O)c2sc(Nc3ccc(OC4CCCN(CC)C4)cc3)nc2N)ccc1O.CCN1CCCC(Oc2ccc(NC(=S)N=C(N)SCP)cc2)C1. The summed E-state index contributed by atoms with van der Waals surface area (Å²) in [5.41, 5.74) is 17.1. The zero-order chi connectivity index (χ0) is 55.6. The largest absolute Gasteiger partial charge is 0.508 e. The highest BCUT2D eigenvalue weighted by Crippen LogP contribution is 2.32. The number of aromatic hydroxyl groups is 2. The highest BCUT2D eigenvalue weighted by molar-refractivity contribution is 9.09. The molecule has 0 bridgehead atoms. The second kappa shape index (κ2) is 33.7. The van der Waals surface area contributed by atoms with Crippen LogP contribution in [0.4, 0.5) is 22.3 Å². The minimum atomic E-state index is -0.833. The molecule has 2 aliphatic heterocycles. The number of anilines is 4. The predicted molar refractivity (Wildman–Crippen MR) is 323 cm³/mol. The Morgan fingerprint density at radius 3 is 1.79 bits per heavy atom. The number of aliphatic carboxylic acids is 1. The van der Waals surface area contributed by atoms with Crippen LogP contribution < -0.4 is 31.6 Å². The van der Waals surface area contributed by atoms with Crippen molar-refractivity contribution in [2.75, 3.05) is 66.5 Å². The molecule has 76 heavy (non-hydrogen) atoms. The molecule has 21 heteroatoms. The number of benzene rings is 4. The van der Waals surface area contributed by atoms with Gasteiger partial charge in [0.2, 0.25) is 5.78 Å². The van der Waals surface area contributed by atoms with E-state index in [9.17, 15) is 19.8 Å². The second-order valence-electron chi connectivity index (χ2n) is 17.7. The number of likely N-dealkylation sites (tertiary alicyclic amines) is 2. The molecular weight excluding hydrogens is 1110 g/mol. The number of hydrogen-bond acceptors (Lipinski definition) is 15. The first-order valence-electron chi connectivity index (χ1n) is 25.5. The number of carboxylic acids is 1. The molecule has 3 atom stereocenters. The van der Waals surface area contributed by atoms with Gasteiger partial charge in [-0.05, 0) is 173 Å². The van der Waals surface area contributed by atoms with Gasteiger partial charge in [-0.2, -0.15) is 4.99 Å². The van der Waals surface area contributed by atoms with E-state index in [-0.39, 0.29) is 41.1 Å². The maximum atomic E-state index is 13.0. The van der Waals surface area contributed by atoms with Crippen LogP contribution in [0.5, 0.6) is 23.0 Å². The molecule has 0 radical (unpaired) electrons. The molecule has 0 saturated carbocycles. The number of aromatic nitrogens is 1. The summed E-state index contributed by atoms with van der Waals surface area (Å²) in [7, 11) is 2.58. The molecule has 3 unspecified atom stereocenters. The minimum absolute atomic E-state index is 0.0438. The molecule has 2 saturated heterocycles. The number of nitrogens with two attached hydrogens (primary N) is 2. The van der Waals surface area contributed by atoms with Crippen LogP contribution in [-0.2, 0) is 17.6 Å². The Morgan fingerprint density at radius 2 is 1.32 bits per heavy atom. The number of halogens is 1. The van der Waals surface area contributed by atoms with Crippen LogP contribution in [0.15, 0.2) is 89.9 Å². The maximum Gasteiger partial charge on any atom is 0.300 e. The summed E-state index contributed by atoms with van der Waals surface area (Å²) < 4.78 is 12.3. The molecule has 3 heterocycles. The standard InChI is InChI=1S/C26H32N4O3S.C16H25N4OPS2.C11H13BrO2.C2H4O2/c1-3-6-17-15-18(8-13-22(17)31)23(32)24-25(27)29-26(34-24)28-19-9-11-20(12-10-19)33-21-7-5-14-30(4-2)16-21;1-2-20-9-3-4-14(10-20)21-13-7-5-12(6-8-13)18-16(23)19-15(17)24-11-22;1-2-3-8-6-9(11(14)7-12)4-5-10(8)13;1-2(3)4/h8-13,15,21,31H,3-7,14,16,27H2,1-2H3,(H,28,29);5-8,14H,2-4,9-11,22H2,1H3,(H3,17,18,19,23);4-6,13H,2-3,7H2,1H3;1H3,(H,3,4). The van der Waals surface area contributed by atoms with Gasteiger partial charge in [-0.25, -0.2) is 4.98 Å². The number of aryl methyl sites for hydroxylation is 2. The first kappa shape index (κ1) is 63.2. The van der Waals surface area contributed by atoms with Gasteiger partial charge in [0.05, 0.1) is 5.33 Å². The molecule has 9 N–H and O–H groups in total. The number of ketones is 2. The average Bonchev–Trinajstić information content (AvgIpc) is 3.77. The molecule has 16 nitrogen and oxygen atoms in total. The number of carbonyl (C=O) groups excluding carboxylic acids is 2. The number of thiocarbonyl (C=S) groups is 1.